The summed E-state index contributed by atoms with van der Waals surface area (Å²) in [5.41, 5.74) is 3.09. The molecule has 9 heteroatoms. The zero-order valence-electron chi connectivity index (χ0n) is 23.0. The molecule has 8 nitrogen and oxygen atoms in total. The van der Waals surface area contributed by atoms with Gasteiger partial charge in [-0.3, -0.25) is 13.9 Å². The molecule has 3 aromatic rings. The fourth-order valence-corrected chi connectivity index (χ4v) is 5.19. The average molecular weight is 552 g/mol. The molecular weight excluding hydrogens is 514 g/mol. The first-order valence-electron chi connectivity index (χ1n) is 13.0. The van der Waals surface area contributed by atoms with Gasteiger partial charge < -0.3 is 15.0 Å². The lowest BCUT2D eigenvalue weighted by molar-refractivity contribution is -0.140. The van der Waals surface area contributed by atoms with E-state index in [1.165, 1.54) is 4.90 Å². The summed E-state index contributed by atoms with van der Waals surface area (Å²) in [5.74, 6) is -0.182. The monoisotopic (exact) mass is 551 g/mol. The van der Waals surface area contributed by atoms with Crippen molar-refractivity contribution in [2.24, 2.45) is 0 Å². The quantitative estimate of drug-likeness (QED) is 0.347. The van der Waals surface area contributed by atoms with Gasteiger partial charge in [-0.1, -0.05) is 60.2 Å². The summed E-state index contributed by atoms with van der Waals surface area (Å²) in [6.45, 7) is 6.21. The number of nitrogens with one attached hydrogen (secondary N) is 1. The summed E-state index contributed by atoms with van der Waals surface area (Å²) in [7, 11) is -3.82. The molecule has 1 unspecified atom stereocenters. The maximum atomic E-state index is 14.0. The van der Waals surface area contributed by atoms with Crippen LogP contribution in [0.15, 0.2) is 78.9 Å². The van der Waals surface area contributed by atoms with Gasteiger partial charge in [-0.25, -0.2) is 8.42 Å². The molecule has 0 aromatic heterocycles. The molecule has 0 aliphatic rings. The first-order chi connectivity index (χ1) is 18.6. The lowest BCUT2D eigenvalue weighted by Gasteiger charge is -2.33. The van der Waals surface area contributed by atoms with Crippen LogP contribution in [0.5, 0.6) is 5.75 Å². The lowest BCUT2D eigenvalue weighted by atomic mass is 10.0. The molecular formula is C30H37N3O5S. The van der Waals surface area contributed by atoms with E-state index >= 15 is 0 Å². The molecule has 1 N–H and O–H groups in total. The molecule has 0 heterocycles. The second kappa shape index (κ2) is 13.8. The van der Waals surface area contributed by atoms with Crippen LogP contribution in [0.3, 0.4) is 0 Å². The number of sulfonamides is 1. The Balaban J connectivity index is 2.01. The molecule has 39 heavy (non-hydrogen) atoms. The van der Waals surface area contributed by atoms with Crippen LogP contribution in [0.1, 0.15) is 30.5 Å². The van der Waals surface area contributed by atoms with Crippen LogP contribution >= 0.6 is 0 Å². The van der Waals surface area contributed by atoms with Crippen LogP contribution < -0.4 is 14.4 Å². The number of ether oxygens (including phenoxy) is 1. The van der Waals surface area contributed by atoms with Crippen molar-refractivity contribution in [3.63, 3.8) is 0 Å². The second-order valence-corrected chi connectivity index (χ2v) is 11.2. The number of hydrogen-bond donors (Lipinski definition) is 1. The van der Waals surface area contributed by atoms with Gasteiger partial charge in [-0.2, -0.15) is 0 Å². The van der Waals surface area contributed by atoms with Gasteiger partial charge in [0.15, 0.2) is 0 Å². The number of likely N-dealkylation sites (N-methyl/N-ethyl adjacent to an activating group) is 1. The van der Waals surface area contributed by atoms with Crippen LogP contribution in [0, 0.1) is 6.92 Å². The van der Waals surface area contributed by atoms with E-state index in [0.717, 1.165) is 27.3 Å². The summed E-state index contributed by atoms with van der Waals surface area (Å²) in [5, 5.41) is 2.85. The van der Waals surface area contributed by atoms with Crippen LogP contribution in [-0.4, -0.2) is 57.1 Å². The number of carbonyl (C=O) groups excluding carboxylic acids is 2. The Bertz CT molecular complexity index is 1340. The molecule has 2 amide bonds. The third-order valence-corrected chi connectivity index (χ3v) is 7.31. The van der Waals surface area contributed by atoms with Gasteiger partial charge >= 0.3 is 0 Å². The minimum atomic E-state index is -3.82. The highest BCUT2D eigenvalue weighted by Crippen LogP contribution is 2.23. The Morgan fingerprint density at radius 2 is 1.59 bits per heavy atom. The van der Waals surface area contributed by atoms with Gasteiger partial charge in [0, 0.05) is 19.5 Å². The van der Waals surface area contributed by atoms with E-state index in [2.05, 4.69) is 5.32 Å². The summed E-state index contributed by atoms with van der Waals surface area (Å²) in [4.78, 5) is 28.8. The molecule has 0 saturated heterocycles. The molecule has 0 bridgehead atoms. The average Bonchev–Trinajstić information content (AvgIpc) is 2.90. The fraction of sp³-hybridized carbons (Fsp3) is 0.333. The van der Waals surface area contributed by atoms with Crippen molar-refractivity contribution in [1.82, 2.24) is 10.2 Å². The third kappa shape index (κ3) is 8.58. The van der Waals surface area contributed by atoms with E-state index in [0.29, 0.717) is 24.6 Å². The molecule has 0 aliphatic carbocycles. The van der Waals surface area contributed by atoms with Crippen LogP contribution in [-0.2, 0) is 32.6 Å². The lowest BCUT2D eigenvalue weighted by Crippen LogP contribution is -2.53. The van der Waals surface area contributed by atoms with Crippen LogP contribution in [0.2, 0.25) is 0 Å². The Labute approximate surface area is 231 Å². The Hall–Kier alpha value is -3.85. The van der Waals surface area contributed by atoms with Crippen LogP contribution in [0.4, 0.5) is 5.69 Å². The van der Waals surface area contributed by atoms with Gasteiger partial charge in [0.2, 0.25) is 21.8 Å². The maximum Gasteiger partial charge on any atom is 0.244 e. The summed E-state index contributed by atoms with van der Waals surface area (Å²) < 4.78 is 32.2. The van der Waals surface area contributed by atoms with E-state index in [9.17, 15) is 18.0 Å². The van der Waals surface area contributed by atoms with Crippen LogP contribution in [0.25, 0.3) is 0 Å². The highest BCUT2D eigenvalue weighted by atomic mass is 32.2. The number of nitrogens with zero attached hydrogens (tertiary/aromatic N) is 2. The van der Waals surface area contributed by atoms with Gasteiger partial charge in [0.1, 0.15) is 18.3 Å². The highest BCUT2D eigenvalue weighted by molar-refractivity contribution is 7.92. The topological polar surface area (TPSA) is 96.0 Å². The predicted molar refractivity (Wildman–Crippen MR) is 154 cm³/mol. The molecule has 3 aromatic carbocycles. The van der Waals surface area contributed by atoms with E-state index < -0.39 is 28.5 Å². The van der Waals surface area contributed by atoms with Crippen molar-refractivity contribution in [2.45, 2.75) is 39.8 Å². The molecule has 0 radical (unpaired) electrons. The van der Waals surface area contributed by atoms with Gasteiger partial charge in [-0.15, -0.1) is 0 Å². The maximum absolute atomic E-state index is 14.0. The van der Waals surface area contributed by atoms with Crippen molar-refractivity contribution < 1.29 is 22.7 Å². The van der Waals surface area contributed by atoms with E-state index in [4.69, 9.17) is 4.74 Å². The molecule has 0 spiro atoms. The molecule has 208 valence electrons. The molecule has 0 fully saturated rings. The number of amides is 2. The first-order valence-corrected chi connectivity index (χ1v) is 14.8. The normalized spacial score (nSPS) is 11.9. The number of rotatable bonds is 13. The number of benzene rings is 3. The standard InChI is InChI=1S/C30H37N3O5S/c1-5-31-30(35)28(20-24-12-8-7-9-13-24)32(21-25-14-10-11-23(3)19-25)29(34)22-33(39(4,36)37)26-15-17-27(18-16-26)38-6-2/h7-19,28H,5-6,20-22H2,1-4H3,(H,31,35). The summed E-state index contributed by atoms with van der Waals surface area (Å²) >= 11 is 0. The van der Waals surface area contributed by atoms with Crippen molar-refractivity contribution in [1.29, 1.82) is 0 Å². The summed E-state index contributed by atoms with van der Waals surface area (Å²) in [6.07, 6.45) is 1.35. The smallest absolute Gasteiger partial charge is 0.244 e. The molecule has 0 saturated carbocycles. The zero-order valence-corrected chi connectivity index (χ0v) is 23.8. The van der Waals surface area contributed by atoms with Crippen molar-refractivity contribution in [2.75, 3.05) is 30.3 Å². The number of aryl methyl sites for hydroxylation is 1. The van der Waals surface area contributed by atoms with Gasteiger partial charge in [-0.05, 0) is 56.2 Å². The summed E-state index contributed by atoms with van der Waals surface area (Å²) in [6, 6.07) is 22.9. The Kier molecular flexibility index (Phi) is 10.5. The SMILES string of the molecule is CCNC(=O)C(Cc1ccccc1)N(Cc1cccc(C)c1)C(=O)CN(c1ccc(OCC)cc1)S(C)(=O)=O. The predicted octanol–water partition coefficient (Wildman–Crippen LogP) is 3.94. The number of hydrogen-bond acceptors (Lipinski definition) is 5. The van der Waals surface area contributed by atoms with Gasteiger partial charge in [0.05, 0.1) is 18.6 Å². The Morgan fingerprint density at radius 1 is 0.923 bits per heavy atom. The minimum absolute atomic E-state index is 0.149. The first kappa shape index (κ1) is 29.7. The van der Waals surface area contributed by atoms with E-state index in [1.54, 1.807) is 24.3 Å². The zero-order chi connectivity index (χ0) is 28.4. The van der Waals surface area contributed by atoms with Gasteiger partial charge in [0.25, 0.3) is 0 Å². The fourth-order valence-electron chi connectivity index (χ4n) is 4.34. The third-order valence-electron chi connectivity index (χ3n) is 6.17. The van der Waals surface area contributed by atoms with Crippen molar-refractivity contribution in [3.05, 3.63) is 95.6 Å². The Morgan fingerprint density at radius 3 is 2.18 bits per heavy atom. The number of anilines is 1. The molecule has 0 aliphatic heterocycles. The molecule has 1 atom stereocenters. The largest absolute Gasteiger partial charge is 0.494 e. The van der Waals surface area contributed by atoms with E-state index in [1.807, 2.05) is 75.4 Å². The second-order valence-electron chi connectivity index (χ2n) is 9.31. The minimum Gasteiger partial charge on any atom is -0.494 e. The molecule has 3 rings (SSSR count). The highest BCUT2D eigenvalue weighted by Gasteiger charge is 2.32. The number of carbonyl (C=O) groups is 2. The van der Waals surface area contributed by atoms with Crippen molar-refractivity contribution in [3.8, 4) is 5.75 Å². The van der Waals surface area contributed by atoms with Crippen molar-refractivity contribution >= 4 is 27.5 Å². The van der Waals surface area contributed by atoms with E-state index in [-0.39, 0.29) is 18.9 Å².